The first-order valence-corrected chi connectivity index (χ1v) is 7.16. The number of rotatable bonds is 3. The van der Waals surface area contributed by atoms with Gasteiger partial charge in [-0.25, -0.2) is 9.66 Å². The number of halogens is 3. The summed E-state index contributed by atoms with van der Waals surface area (Å²) < 4.78 is 38.2. The number of nitrogen functional groups attached to an aromatic ring is 2. The Balaban J connectivity index is 1.89. The fraction of sp³-hybridized carbons (Fsp3) is 0.308. The third-order valence-electron chi connectivity index (χ3n) is 3.28. The lowest BCUT2D eigenvalue weighted by Gasteiger charge is -2.06. The fourth-order valence-corrected chi connectivity index (χ4v) is 2.66. The van der Waals surface area contributed by atoms with Crippen molar-refractivity contribution in [2.24, 2.45) is 0 Å². The van der Waals surface area contributed by atoms with Crippen LogP contribution >= 0.6 is 11.8 Å². The van der Waals surface area contributed by atoms with E-state index < -0.39 is 5.51 Å². The van der Waals surface area contributed by atoms with Crippen LogP contribution in [0.4, 0.5) is 19.0 Å². The largest absolute Gasteiger partial charge is 0.446 e. The molecular formula is C13H13F3N4S. The second-order valence-electron chi connectivity index (χ2n) is 4.92. The molecule has 0 atom stereocenters. The number of nitrogens with zero attached hydrogens (tertiary/aromatic N) is 2. The number of benzene rings is 1. The van der Waals surface area contributed by atoms with Crippen LogP contribution in [-0.4, -0.2) is 15.2 Å². The van der Waals surface area contributed by atoms with Crippen LogP contribution in [0.5, 0.6) is 0 Å². The first kappa shape index (κ1) is 14.1. The minimum Gasteiger partial charge on any atom is -0.382 e. The van der Waals surface area contributed by atoms with Crippen LogP contribution in [0.2, 0.25) is 0 Å². The molecule has 1 saturated carbocycles. The van der Waals surface area contributed by atoms with Gasteiger partial charge in [0, 0.05) is 16.4 Å². The van der Waals surface area contributed by atoms with Crippen molar-refractivity contribution in [2.45, 2.75) is 29.2 Å². The molecule has 0 amide bonds. The Hall–Kier alpha value is -1.83. The third-order valence-corrected chi connectivity index (χ3v) is 4.02. The van der Waals surface area contributed by atoms with Gasteiger partial charge in [0.05, 0.1) is 0 Å². The Morgan fingerprint density at radius 2 is 1.81 bits per heavy atom. The topological polar surface area (TPSA) is 69.9 Å². The molecule has 1 aliphatic rings. The van der Waals surface area contributed by atoms with Gasteiger partial charge in [-0.2, -0.15) is 13.2 Å². The number of hydrogen-bond acceptors (Lipinski definition) is 4. The van der Waals surface area contributed by atoms with Gasteiger partial charge in [-0.3, -0.25) is 0 Å². The minimum absolute atomic E-state index is 0.124. The van der Waals surface area contributed by atoms with Crippen molar-refractivity contribution in [3.63, 3.8) is 0 Å². The average molecular weight is 314 g/mol. The third kappa shape index (κ3) is 2.94. The van der Waals surface area contributed by atoms with E-state index in [1.807, 2.05) is 0 Å². The van der Waals surface area contributed by atoms with E-state index in [1.54, 1.807) is 12.1 Å². The Morgan fingerprint density at radius 3 is 2.33 bits per heavy atom. The molecule has 0 spiro atoms. The molecule has 112 valence electrons. The normalized spacial score (nSPS) is 15.4. The second kappa shape index (κ2) is 4.87. The highest BCUT2D eigenvalue weighted by atomic mass is 32.2. The maximum atomic E-state index is 12.3. The molecule has 4 N–H and O–H groups in total. The first-order chi connectivity index (χ1) is 9.85. The summed E-state index contributed by atoms with van der Waals surface area (Å²) >= 11 is -0.149. The van der Waals surface area contributed by atoms with E-state index >= 15 is 0 Å². The molecule has 2 aromatic rings. The van der Waals surface area contributed by atoms with E-state index in [0.717, 1.165) is 18.7 Å². The highest BCUT2D eigenvalue weighted by Crippen LogP contribution is 2.42. The molecule has 0 saturated heterocycles. The van der Waals surface area contributed by atoms with Crippen LogP contribution < -0.4 is 11.6 Å². The van der Waals surface area contributed by atoms with E-state index in [9.17, 15) is 13.2 Å². The van der Waals surface area contributed by atoms with Crippen molar-refractivity contribution in [1.82, 2.24) is 9.66 Å². The van der Waals surface area contributed by atoms with E-state index in [-0.39, 0.29) is 16.7 Å². The molecule has 8 heteroatoms. The van der Waals surface area contributed by atoms with Crippen LogP contribution in [0.15, 0.2) is 29.2 Å². The predicted molar refractivity (Wildman–Crippen MR) is 76.1 cm³/mol. The lowest BCUT2D eigenvalue weighted by molar-refractivity contribution is -0.0328. The van der Waals surface area contributed by atoms with E-state index in [0.29, 0.717) is 23.0 Å². The quantitative estimate of drug-likeness (QED) is 0.673. The zero-order chi connectivity index (χ0) is 15.2. The Kier molecular flexibility index (Phi) is 3.27. The Morgan fingerprint density at radius 1 is 1.19 bits per heavy atom. The zero-order valence-electron chi connectivity index (χ0n) is 10.9. The summed E-state index contributed by atoms with van der Waals surface area (Å²) in [7, 11) is 0. The Labute approximate surface area is 123 Å². The lowest BCUT2D eigenvalue weighted by atomic mass is 10.1. The molecule has 0 bridgehead atoms. The van der Waals surface area contributed by atoms with Crippen molar-refractivity contribution >= 4 is 17.6 Å². The highest BCUT2D eigenvalue weighted by molar-refractivity contribution is 8.00. The monoisotopic (exact) mass is 314 g/mol. The number of anilines is 1. The van der Waals surface area contributed by atoms with Crippen LogP contribution in [0.3, 0.4) is 0 Å². The number of hydrogen-bond donors (Lipinski definition) is 2. The summed E-state index contributed by atoms with van der Waals surface area (Å²) in [6.07, 6.45) is 2.07. The lowest BCUT2D eigenvalue weighted by Crippen LogP contribution is -2.14. The van der Waals surface area contributed by atoms with Gasteiger partial charge in [0.15, 0.2) is 5.82 Å². The summed E-state index contributed by atoms with van der Waals surface area (Å²) in [6.45, 7) is 0. The molecule has 1 fully saturated rings. The molecule has 4 nitrogen and oxygen atoms in total. The number of nitrogens with two attached hydrogens (primary N) is 2. The molecule has 0 unspecified atom stereocenters. The van der Waals surface area contributed by atoms with Gasteiger partial charge >= 0.3 is 5.51 Å². The van der Waals surface area contributed by atoms with Crippen molar-refractivity contribution in [2.75, 3.05) is 11.6 Å². The van der Waals surface area contributed by atoms with Crippen molar-refractivity contribution in [3.8, 4) is 11.3 Å². The fourth-order valence-electron chi connectivity index (χ4n) is 2.12. The van der Waals surface area contributed by atoms with Crippen LogP contribution in [0.25, 0.3) is 11.3 Å². The van der Waals surface area contributed by atoms with Crippen LogP contribution in [0, 0.1) is 0 Å². The van der Waals surface area contributed by atoms with Crippen molar-refractivity contribution < 1.29 is 13.2 Å². The average Bonchev–Trinajstić information content (AvgIpc) is 3.19. The summed E-state index contributed by atoms with van der Waals surface area (Å²) in [5, 5.41) is 0. The molecular weight excluding hydrogens is 301 g/mol. The standard InChI is InChI=1S/C13H13F3N4S/c14-13(15,16)21-9-5-3-7(4-6-9)10-11(17)20(18)12(19-10)8-1-2-8/h3-6,8H,1-2,17-18H2. The van der Waals surface area contributed by atoms with Gasteiger partial charge in [0.25, 0.3) is 0 Å². The molecule has 1 aromatic carbocycles. The van der Waals surface area contributed by atoms with Gasteiger partial charge in [-0.05, 0) is 36.7 Å². The summed E-state index contributed by atoms with van der Waals surface area (Å²) in [6, 6.07) is 5.95. The van der Waals surface area contributed by atoms with Gasteiger partial charge in [0.1, 0.15) is 11.5 Å². The number of alkyl halides is 3. The smallest absolute Gasteiger partial charge is 0.382 e. The summed E-state index contributed by atoms with van der Waals surface area (Å²) in [4.78, 5) is 4.55. The van der Waals surface area contributed by atoms with E-state index in [2.05, 4.69) is 4.98 Å². The summed E-state index contributed by atoms with van der Waals surface area (Å²) in [5.74, 6) is 7.27. The maximum Gasteiger partial charge on any atom is 0.446 e. The van der Waals surface area contributed by atoms with E-state index in [4.69, 9.17) is 11.6 Å². The van der Waals surface area contributed by atoms with Gasteiger partial charge in [-0.1, -0.05) is 12.1 Å². The second-order valence-corrected chi connectivity index (χ2v) is 6.06. The minimum atomic E-state index is -4.29. The number of imidazole rings is 1. The van der Waals surface area contributed by atoms with Crippen LogP contribution in [0.1, 0.15) is 24.6 Å². The highest BCUT2D eigenvalue weighted by Gasteiger charge is 2.31. The molecule has 0 radical (unpaired) electrons. The van der Waals surface area contributed by atoms with Gasteiger partial charge < -0.3 is 11.6 Å². The number of thioether (sulfide) groups is 1. The van der Waals surface area contributed by atoms with Gasteiger partial charge in [-0.15, -0.1) is 0 Å². The number of aromatic nitrogens is 2. The van der Waals surface area contributed by atoms with Crippen LogP contribution in [-0.2, 0) is 0 Å². The maximum absolute atomic E-state index is 12.3. The summed E-state index contributed by atoms with van der Waals surface area (Å²) in [5.41, 5.74) is 2.81. The molecule has 1 heterocycles. The molecule has 0 aliphatic heterocycles. The Bertz CT molecular complexity index is 659. The molecule has 1 aliphatic carbocycles. The molecule has 3 rings (SSSR count). The zero-order valence-corrected chi connectivity index (χ0v) is 11.7. The van der Waals surface area contributed by atoms with E-state index in [1.165, 1.54) is 16.8 Å². The van der Waals surface area contributed by atoms with Crippen molar-refractivity contribution in [3.05, 3.63) is 30.1 Å². The molecule has 1 aromatic heterocycles. The predicted octanol–water partition coefficient (Wildman–Crippen LogP) is 3.34. The SMILES string of the molecule is Nc1c(-c2ccc(SC(F)(F)F)cc2)nc(C2CC2)n1N. The van der Waals surface area contributed by atoms with Gasteiger partial charge in [0.2, 0.25) is 0 Å². The van der Waals surface area contributed by atoms with Crippen molar-refractivity contribution in [1.29, 1.82) is 0 Å². The molecule has 21 heavy (non-hydrogen) atoms. The first-order valence-electron chi connectivity index (χ1n) is 6.34.